The van der Waals surface area contributed by atoms with Gasteiger partial charge in [0.15, 0.2) is 0 Å². The van der Waals surface area contributed by atoms with Gasteiger partial charge in [-0.3, -0.25) is 0 Å². The van der Waals surface area contributed by atoms with Gasteiger partial charge in [-0.15, -0.1) is 0 Å². The van der Waals surface area contributed by atoms with E-state index in [9.17, 15) is 0 Å². The normalized spacial score (nSPS) is 11.7. The molecule has 0 radical (unpaired) electrons. The molecule has 37 heavy (non-hydrogen) atoms. The van der Waals surface area contributed by atoms with E-state index < -0.39 is 5.41 Å². The number of rotatable bonds is 8. The van der Waals surface area contributed by atoms with Gasteiger partial charge in [-0.05, 0) is 89.2 Å². The van der Waals surface area contributed by atoms with Crippen molar-refractivity contribution < 1.29 is 9.47 Å². The fraction of sp³-hybridized carbons (Fsp3) is 0.152. The summed E-state index contributed by atoms with van der Waals surface area (Å²) in [6, 6.07) is 28.2. The van der Waals surface area contributed by atoms with E-state index in [1.54, 1.807) is 14.2 Å². The fourth-order valence-corrected chi connectivity index (χ4v) is 5.16. The maximum Gasteiger partial charge on any atom is 0.119 e. The summed E-state index contributed by atoms with van der Waals surface area (Å²) in [7, 11) is 3.31. The van der Waals surface area contributed by atoms with Gasteiger partial charge in [0.25, 0.3) is 0 Å². The first kappa shape index (κ1) is 25.6. The highest BCUT2D eigenvalue weighted by molar-refractivity contribution is 5.87. The molecule has 0 saturated heterocycles. The second-order valence-electron chi connectivity index (χ2n) is 9.07. The molecule has 0 fully saturated rings. The van der Waals surface area contributed by atoms with Gasteiger partial charge in [-0.25, -0.2) is 0 Å². The number of hydrogen-bond acceptors (Lipinski definition) is 4. The summed E-state index contributed by atoms with van der Waals surface area (Å²) in [6.07, 6.45) is 4.03. The predicted octanol–water partition coefficient (Wildman–Crippen LogP) is 7.32. The number of nitrogen functional groups attached to an aromatic ring is 2. The summed E-state index contributed by atoms with van der Waals surface area (Å²) < 4.78 is 11.2. The maximum atomic E-state index is 6.69. The highest BCUT2D eigenvalue weighted by Gasteiger charge is 2.37. The molecule has 0 atom stereocenters. The van der Waals surface area contributed by atoms with Crippen LogP contribution in [0.1, 0.15) is 47.2 Å². The standard InChI is InChI=1S/C33H34N2O2/c1-6-22-12-8-9-13-26(22)25(7-2)27-14-10-11-15-28(27)33(3,29-20-23(36-4)16-18-31(29)34)30-21-24(37-5)17-19-32(30)35/h6-21H,1,34-35H2,2-5H3/b25-7+. The number of ether oxygens (including phenoxy) is 2. The molecule has 0 saturated carbocycles. The lowest BCUT2D eigenvalue weighted by molar-refractivity contribution is 0.412. The number of anilines is 2. The first-order valence-corrected chi connectivity index (χ1v) is 12.2. The average Bonchev–Trinajstić information content (AvgIpc) is 2.94. The first-order valence-electron chi connectivity index (χ1n) is 12.2. The second kappa shape index (κ2) is 10.7. The third-order valence-electron chi connectivity index (χ3n) is 7.11. The smallest absolute Gasteiger partial charge is 0.119 e. The first-order chi connectivity index (χ1) is 17.9. The zero-order valence-corrected chi connectivity index (χ0v) is 21.9. The molecule has 4 nitrogen and oxygen atoms in total. The van der Waals surface area contributed by atoms with Crippen molar-refractivity contribution >= 4 is 23.0 Å². The van der Waals surface area contributed by atoms with Gasteiger partial charge in [0.2, 0.25) is 0 Å². The molecule has 4 aromatic rings. The molecule has 0 spiro atoms. The largest absolute Gasteiger partial charge is 0.497 e. The van der Waals surface area contributed by atoms with Crippen LogP contribution in [0.4, 0.5) is 11.4 Å². The van der Waals surface area contributed by atoms with Crippen molar-refractivity contribution in [1.29, 1.82) is 0 Å². The molecule has 0 unspecified atom stereocenters. The molecular weight excluding hydrogens is 456 g/mol. The Labute approximate surface area is 219 Å². The molecule has 0 bridgehead atoms. The predicted molar refractivity (Wildman–Crippen MR) is 156 cm³/mol. The summed E-state index contributed by atoms with van der Waals surface area (Å²) in [6.45, 7) is 8.26. The second-order valence-corrected chi connectivity index (χ2v) is 9.07. The number of benzene rings is 4. The fourth-order valence-electron chi connectivity index (χ4n) is 5.16. The van der Waals surface area contributed by atoms with Gasteiger partial charge in [-0.1, -0.05) is 67.3 Å². The van der Waals surface area contributed by atoms with Crippen LogP contribution in [0.2, 0.25) is 0 Å². The van der Waals surface area contributed by atoms with Crippen molar-refractivity contribution in [3.05, 3.63) is 131 Å². The van der Waals surface area contributed by atoms with Crippen LogP contribution in [0.25, 0.3) is 11.6 Å². The topological polar surface area (TPSA) is 70.5 Å². The zero-order valence-electron chi connectivity index (χ0n) is 21.9. The van der Waals surface area contributed by atoms with Crippen molar-refractivity contribution in [2.45, 2.75) is 19.3 Å². The van der Waals surface area contributed by atoms with Crippen LogP contribution in [-0.2, 0) is 5.41 Å². The number of hydrogen-bond donors (Lipinski definition) is 2. The molecule has 4 N–H and O–H groups in total. The summed E-state index contributed by atoms with van der Waals surface area (Å²) in [5.74, 6) is 1.44. The molecule has 0 aromatic heterocycles. The van der Waals surface area contributed by atoms with Gasteiger partial charge >= 0.3 is 0 Å². The van der Waals surface area contributed by atoms with E-state index in [0.717, 1.165) is 50.5 Å². The molecule has 4 aromatic carbocycles. The Morgan fingerprint density at radius 2 is 1.24 bits per heavy atom. The lowest BCUT2D eigenvalue weighted by Gasteiger charge is -2.36. The van der Waals surface area contributed by atoms with E-state index in [-0.39, 0.29) is 0 Å². The van der Waals surface area contributed by atoms with Crippen molar-refractivity contribution in [1.82, 2.24) is 0 Å². The molecule has 0 heterocycles. The molecule has 4 rings (SSSR count). The molecule has 0 aliphatic rings. The van der Waals surface area contributed by atoms with E-state index >= 15 is 0 Å². The minimum Gasteiger partial charge on any atom is -0.497 e. The SMILES string of the molecule is C=Cc1ccccc1/C(=C\C)c1ccccc1C(C)(c1cc(OC)ccc1N)c1cc(OC)ccc1N. The number of methoxy groups -OCH3 is 2. The Balaban J connectivity index is 2.12. The molecule has 0 aliphatic heterocycles. The van der Waals surface area contributed by atoms with Crippen molar-refractivity contribution in [2.24, 2.45) is 0 Å². The van der Waals surface area contributed by atoms with Crippen molar-refractivity contribution in [3.8, 4) is 11.5 Å². The molecule has 0 aliphatic carbocycles. The Morgan fingerprint density at radius 3 is 1.76 bits per heavy atom. The van der Waals surface area contributed by atoms with Gasteiger partial charge in [0.1, 0.15) is 11.5 Å². The van der Waals surface area contributed by atoms with Crippen LogP contribution in [-0.4, -0.2) is 14.2 Å². The third kappa shape index (κ3) is 4.58. The van der Waals surface area contributed by atoms with Crippen molar-refractivity contribution in [3.63, 3.8) is 0 Å². The van der Waals surface area contributed by atoms with E-state index in [2.05, 4.69) is 62.9 Å². The van der Waals surface area contributed by atoms with E-state index in [1.807, 2.05) is 54.6 Å². The summed E-state index contributed by atoms with van der Waals surface area (Å²) in [4.78, 5) is 0. The van der Waals surface area contributed by atoms with E-state index in [0.29, 0.717) is 11.4 Å². The Kier molecular flexibility index (Phi) is 7.40. The van der Waals surface area contributed by atoms with Crippen LogP contribution in [0.15, 0.2) is 97.6 Å². The van der Waals surface area contributed by atoms with Crippen LogP contribution >= 0.6 is 0 Å². The van der Waals surface area contributed by atoms with E-state index in [4.69, 9.17) is 20.9 Å². The molecule has 0 amide bonds. The quantitative estimate of drug-likeness (QED) is 0.201. The van der Waals surface area contributed by atoms with Crippen molar-refractivity contribution in [2.75, 3.05) is 25.7 Å². The summed E-state index contributed by atoms with van der Waals surface area (Å²) in [5, 5.41) is 0. The Hall–Kier alpha value is -4.44. The lowest BCUT2D eigenvalue weighted by atomic mass is 9.67. The Bertz CT molecular complexity index is 1420. The van der Waals surface area contributed by atoms with Gasteiger partial charge in [0.05, 0.1) is 14.2 Å². The number of nitrogens with two attached hydrogens (primary N) is 2. The van der Waals surface area contributed by atoms with Gasteiger partial charge < -0.3 is 20.9 Å². The van der Waals surface area contributed by atoms with E-state index in [1.165, 1.54) is 0 Å². The summed E-state index contributed by atoms with van der Waals surface area (Å²) in [5.41, 5.74) is 21.1. The van der Waals surface area contributed by atoms with Gasteiger partial charge in [-0.2, -0.15) is 0 Å². The highest BCUT2D eigenvalue weighted by atomic mass is 16.5. The maximum absolute atomic E-state index is 6.69. The van der Waals surface area contributed by atoms with Gasteiger partial charge in [0, 0.05) is 16.8 Å². The lowest BCUT2D eigenvalue weighted by Crippen LogP contribution is -2.29. The minimum absolute atomic E-state index is 0.647. The molecule has 4 heteroatoms. The van der Waals surface area contributed by atoms with Crippen LogP contribution < -0.4 is 20.9 Å². The van der Waals surface area contributed by atoms with Crippen LogP contribution in [0, 0.1) is 0 Å². The minimum atomic E-state index is -0.745. The number of allylic oxidation sites excluding steroid dienone is 1. The highest BCUT2D eigenvalue weighted by Crippen LogP contribution is 2.48. The summed E-state index contributed by atoms with van der Waals surface area (Å²) >= 11 is 0. The zero-order chi connectivity index (χ0) is 26.6. The monoisotopic (exact) mass is 490 g/mol. The molecular formula is C33H34N2O2. The average molecular weight is 491 g/mol. The van der Waals surface area contributed by atoms with Crippen LogP contribution in [0.5, 0.6) is 11.5 Å². The Morgan fingerprint density at radius 1 is 0.730 bits per heavy atom. The molecule has 188 valence electrons. The van der Waals surface area contributed by atoms with Crippen LogP contribution in [0.3, 0.4) is 0 Å². The third-order valence-corrected chi connectivity index (χ3v) is 7.11.